The molecule has 1 atom stereocenters. The minimum atomic E-state index is 0.404. The summed E-state index contributed by atoms with van der Waals surface area (Å²) in [6.07, 6.45) is 5.18. The van der Waals surface area contributed by atoms with Crippen LogP contribution in [0.2, 0.25) is 0 Å². The third kappa shape index (κ3) is 1.73. The van der Waals surface area contributed by atoms with Crippen LogP contribution >= 0.6 is 0 Å². The molecule has 3 rings (SSSR count). The molecule has 0 spiro atoms. The van der Waals surface area contributed by atoms with Crippen molar-refractivity contribution in [2.45, 2.75) is 25.7 Å². The molecule has 0 aromatic carbocycles. The number of rotatable bonds is 2. The number of carbonyl (C=O) groups is 1. The Morgan fingerprint density at radius 2 is 2.44 bits per heavy atom. The van der Waals surface area contributed by atoms with Crippen LogP contribution in [0, 0.1) is 6.92 Å². The summed E-state index contributed by atoms with van der Waals surface area (Å²) in [6.45, 7) is 4.05. The summed E-state index contributed by atoms with van der Waals surface area (Å²) in [4.78, 5) is 15.7. The summed E-state index contributed by atoms with van der Waals surface area (Å²) >= 11 is 0. The third-order valence-corrected chi connectivity index (χ3v) is 3.69. The summed E-state index contributed by atoms with van der Waals surface area (Å²) in [6, 6.07) is 4.03. The van der Waals surface area contributed by atoms with Gasteiger partial charge in [-0.05, 0) is 37.9 Å². The number of aryl methyl sites for hydroxylation is 1. The molecule has 1 aliphatic rings. The van der Waals surface area contributed by atoms with Gasteiger partial charge in [0, 0.05) is 18.7 Å². The third-order valence-electron chi connectivity index (χ3n) is 3.69. The number of nitrogens with zero attached hydrogens (tertiary/aromatic N) is 2. The molecule has 2 aromatic rings. The first-order chi connectivity index (χ1) is 8.81. The van der Waals surface area contributed by atoms with Crippen molar-refractivity contribution in [2.75, 3.05) is 13.1 Å². The lowest BCUT2D eigenvalue weighted by molar-refractivity contribution is 0.112. The van der Waals surface area contributed by atoms with E-state index in [2.05, 4.69) is 14.7 Å². The number of fused-ring (bicyclic) bond motifs is 1. The lowest BCUT2D eigenvalue weighted by Gasteiger charge is -2.21. The highest BCUT2D eigenvalue weighted by Crippen LogP contribution is 2.26. The average Bonchev–Trinajstić information content (AvgIpc) is 2.80. The Balaban J connectivity index is 2.17. The zero-order valence-corrected chi connectivity index (χ0v) is 10.5. The van der Waals surface area contributed by atoms with Gasteiger partial charge in [-0.1, -0.05) is 6.07 Å². The zero-order chi connectivity index (χ0) is 12.5. The highest BCUT2D eigenvalue weighted by Gasteiger charge is 2.22. The minimum Gasteiger partial charge on any atom is -0.316 e. The molecule has 1 unspecified atom stereocenters. The van der Waals surface area contributed by atoms with Crippen molar-refractivity contribution in [2.24, 2.45) is 0 Å². The Hall–Kier alpha value is -1.68. The fraction of sp³-hybridized carbons (Fsp3) is 0.429. The average molecular weight is 243 g/mol. The van der Waals surface area contributed by atoms with Crippen LogP contribution in [-0.2, 0) is 0 Å². The fourth-order valence-corrected chi connectivity index (χ4v) is 2.81. The van der Waals surface area contributed by atoms with Crippen LogP contribution in [0.15, 0.2) is 18.3 Å². The number of hydrogen-bond donors (Lipinski definition) is 1. The molecule has 1 fully saturated rings. The van der Waals surface area contributed by atoms with Crippen molar-refractivity contribution in [1.29, 1.82) is 0 Å². The maximum atomic E-state index is 11.2. The van der Waals surface area contributed by atoms with Crippen molar-refractivity contribution < 1.29 is 4.79 Å². The van der Waals surface area contributed by atoms with Crippen LogP contribution in [0.5, 0.6) is 0 Å². The maximum absolute atomic E-state index is 11.2. The molecule has 1 saturated heterocycles. The van der Waals surface area contributed by atoms with Crippen LogP contribution in [0.4, 0.5) is 0 Å². The number of carbonyl (C=O) groups excluding carboxylic acids is 1. The number of nitrogens with one attached hydrogen (secondary N) is 1. The molecule has 0 aliphatic carbocycles. The number of aromatic nitrogens is 2. The zero-order valence-electron chi connectivity index (χ0n) is 10.5. The van der Waals surface area contributed by atoms with E-state index in [-0.39, 0.29) is 0 Å². The smallest absolute Gasteiger partial charge is 0.170 e. The van der Waals surface area contributed by atoms with Crippen LogP contribution in [-0.4, -0.2) is 28.8 Å². The molecule has 2 aromatic heterocycles. The monoisotopic (exact) mass is 243 g/mol. The largest absolute Gasteiger partial charge is 0.316 e. The van der Waals surface area contributed by atoms with Crippen molar-refractivity contribution in [3.63, 3.8) is 0 Å². The van der Waals surface area contributed by atoms with E-state index in [1.54, 1.807) is 0 Å². The van der Waals surface area contributed by atoms with E-state index >= 15 is 0 Å². The number of piperidine rings is 1. The summed E-state index contributed by atoms with van der Waals surface area (Å²) in [5, 5.41) is 3.40. The molecule has 18 heavy (non-hydrogen) atoms. The van der Waals surface area contributed by atoms with Gasteiger partial charge in [-0.15, -0.1) is 0 Å². The lowest BCUT2D eigenvalue weighted by atomic mass is 9.99. The highest BCUT2D eigenvalue weighted by atomic mass is 16.1. The first-order valence-electron chi connectivity index (χ1n) is 6.44. The molecule has 1 N–H and O–H groups in total. The van der Waals surface area contributed by atoms with E-state index in [1.165, 1.54) is 6.42 Å². The molecule has 1 aliphatic heterocycles. The van der Waals surface area contributed by atoms with Gasteiger partial charge in [0.1, 0.15) is 11.5 Å². The first kappa shape index (κ1) is 11.4. The van der Waals surface area contributed by atoms with Crippen molar-refractivity contribution >= 4 is 11.8 Å². The van der Waals surface area contributed by atoms with Gasteiger partial charge in [-0.25, -0.2) is 4.98 Å². The van der Waals surface area contributed by atoms with Crippen molar-refractivity contribution in [3.05, 3.63) is 35.4 Å². The lowest BCUT2D eigenvalue weighted by Crippen LogP contribution is -2.29. The molecule has 4 heteroatoms. The normalized spacial score (nSPS) is 20.2. The number of hydrogen-bond acceptors (Lipinski definition) is 3. The number of aldehydes is 1. The van der Waals surface area contributed by atoms with Gasteiger partial charge >= 0.3 is 0 Å². The molecule has 0 bridgehead atoms. The Labute approximate surface area is 106 Å². The van der Waals surface area contributed by atoms with Crippen molar-refractivity contribution in [3.8, 4) is 0 Å². The Morgan fingerprint density at radius 3 is 3.17 bits per heavy atom. The second-order valence-corrected chi connectivity index (χ2v) is 4.93. The fourth-order valence-electron chi connectivity index (χ4n) is 2.81. The number of imidazole rings is 1. The Bertz CT molecular complexity index is 582. The van der Waals surface area contributed by atoms with Gasteiger partial charge in [-0.3, -0.25) is 4.79 Å². The highest BCUT2D eigenvalue weighted by molar-refractivity contribution is 5.85. The summed E-state index contributed by atoms with van der Waals surface area (Å²) < 4.78 is 2.08. The molecule has 0 radical (unpaired) electrons. The predicted octanol–water partition coefficient (Wildman–Crippen LogP) is 1.92. The van der Waals surface area contributed by atoms with E-state index in [1.807, 2.05) is 25.3 Å². The Morgan fingerprint density at radius 1 is 1.56 bits per heavy atom. The minimum absolute atomic E-state index is 0.404. The maximum Gasteiger partial charge on any atom is 0.170 e. The topological polar surface area (TPSA) is 46.4 Å². The standard InChI is InChI=1S/C14H17N3O/c1-10-4-3-7-17-13(10)12(9-18)16-14(17)11-5-2-6-15-8-11/h3-4,7,9,11,15H,2,5-6,8H2,1H3. The summed E-state index contributed by atoms with van der Waals surface area (Å²) in [5.74, 6) is 1.42. The molecule has 4 nitrogen and oxygen atoms in total. The molecular weight excluding hydrogens is 226 g/mol. The van der Waals surface area contributed by atoms with E-state index in [0.29, 0.717) is 11.6 Å². The van der Waals surface area contributed by atoms with E-state index in [0.717, 1.165) is 42.7 Å². The summed E-state index contributed by atoms with van der Waals surface area (Å²) in [7, 11) is 0. The van der Waals surface area contributed by atoms with Gasteiger partial charge in [0.15, 0.2) is 6.29 Å². The molecular formula is C14H17N3O. The van der Waals surface area contributed by atoms with E-state index in [4.69, 9.17) is 0 Å². The molecule has 3 heterocycles. The van der Waals surface area contributed by atoms with Crippen LogP contribution < -0.4 is 5.32 Å². The number of pyridine rings is 1. The van der Waals surface area contributed by atoms with Crippen LogP contribution in [0.3, 0.4) is 0 Å². The second kappa shape index (κ2) is 4.53. The van der Waals surface area contributed by atoms with Crippen LogP contribution in [0.1, 0.15) is 40.6 Å². The van der Waals surface area contributed by atoms with E-state index < -0.39 is 0 Å². The van der Waals surface area contributed by atoms with Gasteiger partial charge in [-0.2, -0.15) is 0 Å². The van der Waals surface area contributed by atoms with Gasteiger partial charge < -0.3 is 9.72 Å². The van der Waals surface area contributed by atoms with Crippen LogP contribution in [0.25, 0.3) is 5.52 Å². The van der Waals surface area contributed by atoms with Gasteiger partial charge in [0.05, 0.1) is 5.52 Å². The molecule has 94 valence electrons. The first-order valence-corrected chi connectivity index (χ1v) is 6.44. The Kier molecular flexibility index (Phi) is 2.88. The SMILES string of the molecule is Cc1cccn2c(C3CCCNC3)nc(C=O)c12. The van der Waals surface area contributed by atoms with Gasteiger partial charge in [0.2, 0.25) is 0 Å². The summed E-state index contributed by atoms with van der Waals surface area (Å²) in [5.41, 5.74) is 2.61. The molecule has 0 saturated carbocycles. The van der Waals surface area contributed by atoms with Crippen molar-refractivity contribution in [1.82, 2.24) is 14.7 Å². The van der Waals surface area contributed by atoms with Gasteiger partial charge in [0.25, 0.3) is 0 Å². The predicted molar refractivity (Wildman–Crippen MR) is 70.2 cm³/mol. The van der Waals surface area contributed by atoms with E-state index in [9.17, 15) is 4.79 Å². The molecule has 0 amide bonds. The second-order valence-electron chi connectivity index (χ2n) is 4.93. The quantitative estimate of drug-likeness (QED) is 0.820.